The van der Waals surface area contributed by atoms with E-state index in [2.05, 4.69) is 9.39 Å². The highest BCUT2D eigenvalue weighted by Gasteiger charge is 2.41. The van der Waals surface area contributed by atoms with Gasteiger partial charge >= 0.3 is 0 Å². The predicted molar refractivity (Wildman–Crippen MR) is 140 cm³/mol. The van der Waals surface area contributed by atoms with Crippen molar-refractivity contribution in [3.05, 3.63) is 59.2 Å². The van der Waals surface area contributed by atoms with Crippen LogP contribution in [0.1, 0.15) is 18.1 Å². The van der Waals surface area contributed by atoms with E-state index in [1.807, 2.05) is 38.1 Å². The van der Waals surface area contributed by atoms with Gasteiger partial charge in [0.15, 0.2) is 11.5 Å². The van der Waals surface area contributed by atoms with Crippen LogP contribution in [0.2, 0.25) is 0 Å². The first kappa shape index (κ1) is 25.5. The molecule has 1 amide bonds. The van der Waals surface area contributed by atoms with Gasteiger partial charge in [-0.05, 0) is 49.8 Å². The van der Waals surface area contributed by atoms with Crippen LogP contribution in [-0.2, 0) is 14.6 Å². The minimum Gasteiger partial charge on any atom is -0.490 e. The molecule has 36 heavy (non-hydrogen) atoms. The van der Waals surface area contributed by atoms with Crippen LogP contribution in [0.5, 0.6) is 17.2 Å². The Morgan fingerprint density at radius 1 is 1.06 bits per heavy atom. The number of nitrogens with zero attached hydrogens (tertiary/aromatic N) is 3. The second kappa shape index (κ2) is 10.5. The number of amidine groups is 3. The summed E-state index contributed by atoms with van der Waals surface area (Å²) >= 11 is 0.746. The summed E-state index contributed by atoms with van der Waals surface area (Å²) in [6.45, 7) is 4.85. The molecular weight excluding hydrogens is 504 g/mol. The van der Waals surface area contributed by atoms with E-state index in [1.165, 1.54) is 6.08 Å². The number of aliphatic imine (C=N–C) groups is 1. The van der Waals surface area contributed by atoms with Crippen LogP contribution in [0, 0.1) is 12.3 Å². The normalized spacial score (nSPS) is 16.5. The predicted octanol–water partition coefficient (Wildman–Crippen LogP) is 3.47. The Labute approximate surface area is 213 Å². The molecule has 1 N–H and O–H groups in total. The average molecular weight is 529 g/mol. The van der Waals surface area contributed by atoms with Crippen molar-refractivity contribution in [2.45, 2.75) is 13.8 Å². The molecule has 4 rings (SSSR count). The van der Waals surface area contributed by atoms with Gasteiger partial charge < -0.3 is 14.2 Å². The minimum absolute atomic E-state index is 0.0363. The zero-order valence-electron chi connectivity index (χ0n) is 19.8. The van der Waals surface area contributed by atoms with Gasteiger partial charge in [0.05, 0.1) is 24.1 Å². The second-order valence-corrected chi connectivity index (χ2v) is 10.5. The van der Waals surface area contributed by atoms with Gasteiger partial charge in [-0.25, -0.2) is 13.3 Å². The van der Waals surface area contributed by atoms with Gasteiger partial charge in [0.1, 0.15) is 24.8 Å². The fraction of sp³-hybridized carbons (Fsp3) is 0.250. The van der Waals surface area contributed by atoms with Crippen LogP contribution in [0.15, 0.2) is 57.4 Å². The van der Waals surface area contributed by atoms with Crippen LogP contribution in [-0.4, -0.2) is 61.5 Å². The molecule has 0 fully saturated rings. The van der Waals surface area contributed by atoms with Crippen molar-refractivity contribution in [3.8, 4) is 17.2 Å². The highest BCUT2D eigenvalue weighted by atomic mass is 32.2. The molecule has 10 nitrogen and oxygen atoms in total. The number of nitrogens with one attached hydrogen (secondary N) is 1. The van der Waals surface area contributed by atoms with E-state index in [-0.39, 0.29) is 28.4 Å². The van der Waals surface area contributed by atoms with Gasteiger partial charge in [-0.1, -0.05) is 23.8 Å². The highest BCUT2D eigenvalue weighted by molar-refractivity contribution is 8.16. The number of benzene rings is 2. The Morgan fingerprint density at radius 2 is 1.78 bits per heavy atom. The lowest BCUT2D eigenvalue weighted by Gasteiger charge is -2.23. The lowest BCUT2D eigenvalue weighted by Crippen LogP contribution is -2.45. The third-order valence-corrected chi connectivity index (χ3v) is 6.79. The van der Waals surface area contributed by atoms with Gasteiger partial charge in [-0.3, -0.25) is 10.2 Å². The fourth-order valence-electron chi connectivity index (χ4n) is 3.35. The number of sulfone groups is 1. The highest BCUT2D eigenvalue weighted by Crippen LogP contribution is 2.32. The Morgan fingerprint density at radius 3 is 2.47 bits per heavy atom. The SMILES string of the molecule is CCOc1cc(C=C2C(=N)N3C(=NC2=O)SN=C3S(C)(=O)=O)ccc1OCCOc1ccc(C)cc1. The molecular formula is C24H24N4O6S2. The zero-order valence-corrected chi connectivity index (χ0v) is 21.5. The second-order valence-electron chi connectivity index (χ2n) is 7.83. The lowest BCUT2D eigenvalue weighted by atomic mass is 10.1. The Kier molecular flexibility index (Phi) is 7.45. The van der Waals surface area contributed by atoms with Crippen molar-refractivity contribution in [2.24, 2.45) is 9.39 Å². The van der Waals surface area contributed by atoms with Gasteiger partial charge in [0.2, 0.25) is 20.2 Å². The van der Waals surface area contributed by atoms with Crippen molar-refractivity contribution in [3.63, 3.8) is 0 Å². The molecule has 0 radical (unpaired) electrons. The molecule has 12 heteroatoms. The van der Waals surface area contributed by atoms with Gasteiger partial charge in [-0.2, -0.15) is 9.39 Å². The molecule has 0 spiro atoms. The van der Waals surface area contributed by atoms with E-state index >= 15 is 0 Å². The monoisotopic (exact) mass is 528 g/mol. The first-order valence-corrected chi connectivity index (χ1v) is 13.6. The number of carbonyl (C=O) groups excluding carboxylic acids is 1. The molecule has 2 aromatic carbocycles. The number of carbonyl (C=O) groups is 1. The van der Waals surface area contributed by atoms with E-state index in [1.54, 1.807) is 18.2 Å². The lowest BCUT2D eigenvalue weighted by molar-refractivity contribution is -0.114. The number of hydrogen-bond donors (Lipinski definition) is 1. The Hall–Kier alpha value is -3.64. The van der Waals surface area contributed by atoms with E-state index < -0.39 is 15.7 Å². The molecule has 0 saturated carbocycles. The van der Waals surface area contributed by atoms with Crippen molar-refractivity contribution in [2.75, 3.05) is 26.1 Å². The third kappa shape index (κ3) is 5.60. The molecule has 0 bridgehead atoms. The van der Waals surface area contributed by atoms with E-state index in [4.69, 9.17) is 19.6 Å². The van der Waals surface area contributed by atoms with Crippen LogP contribution in [0.25, 0.3) is 6.08 Å². The topological polar surface area (TPSA) is 131 Å². The van der Waals surface area contributed by atoms with Crippen molar-refractivity contribution < 1.29 is 27.4 Å². The maximum Gasteiger partial charge on any atom is 0.283 e. The summed E-state index contributed by atoms with van der Waals surface area (Å²) in [5.41, 5.74) is 1.63. The number of fused-ring (bicyclic) bond motifs is 1. The molecule has 0 unspecified atom stereocenters. The largest absolute Gasteiger partial charge is 0.490 e. The van der Waals surface area contributed by atoms with Crippen molar-refractivity contribution >= 4 is 49.9 Å². The number of ether oxygens (including phenoxy) is 3. The Bertz CT molecular complexity index is 1400. The zero-order chi connectivity index (χ0) is 25.9. The number of hydrogen-bond acceptors (Lipinski definition) is 9. The number of aryl methyl sites for hydroxylation is 1. The quantitative estimate of drug-likeness (QED) is 0.313. The van der Waals surface area contributed by atoms with Crippen LogP contribution < -0.4 is 14.2 Å². The van der Waals surface area contributed by atoms with Crippen LogP contribution in [0.3, 0.4) is 0 Å². The average Bonchev–Trinajstić information content (AvgIpc) is 3.26. The summed E-state index contributed by atoms with van der Waals surface area (Å²) in [4.78, 5) is 17.5. The molecule has 0 atom stereocenters. The summed E-state index contributed by atoms with van der Waals surface area (Å²) < 4.78 is 45.2. The first-order chi connectivity index (χ1) is 17.2. The minimum atomic E-state index is -3.72. The molecule has 2 aliphatic heterocycles. The number of rotatable bonds is 8. The molecule has 0 aromatic heterocycles. The summed E-state index contributed by atoms with van der Waals surface area (Å²) in [5.74, 6) is 0.735. The molecule has 188 valence electrons. The summed E-state index contributed by atoms with van der Waals surface area (Å²) in [5, 5.41) is 8.17. The van der Waals surface area contributed by atoms with Crippen molar-refractivity contribution in [1.29, 1.82) is 5.41 Å². The van der Waals surface area contributed by atoms with E-state index in [9.17, 15) is 13.2 Å². The maximum absolute atomic E-state index is 12.6. The standard InChI is InChI=1S/C24H24N4O6S2/c1-4-32-20-14-16(7-10-19(20)34-12-11-33-17-8-5-15(2)6-9-17)13-18-21(25)28-23(26-22(18)29)35-27-24(28)36(3,30)31/h5-10,13-14,25H,4,11-12H2,1-3H3. The smallest absolute Gasteiger partial charge is 0.283 e. The van der Waals surface area contributed by atoms with Gasteiger partial charge in [0, 0.05) is 6.26 Å². The maximum atomic E-state index is 12.6. The van der Waals surface area contributed by atoms with E-state index in [0.29, 0.717) is 30.3 Å². The van der Waals surface area contributed by atoms with Crippen molar-refractivity contribution in [1.82, 2.24) is 4.90 Å². The van der Waals surface area contributed by atoms with Gasteiger partial charge in [-0.15, -0.1) is 0 Å². The van der Waals surface area contributed by atoms with Gasteiger partial charge in [0.25, 0.3) is 5.91 Å². The summed E-state index contributed by atoms with van der Waals surface area (Å²) in [6, 6.07) is 12.8. The van der Waals surface area contributed by atoms with Crippen LogP contribution >= 0.6 is 11.9 Å². The summed E-state index contributed by atoms with van der Waals surface area (Å²) in [6.07, 6.45) is 2.45. The first-order valence-electron chi connectivity index (χ1n) is 11.0. The molecule has 0 aliphatic carbocycles. The fourth-order valence-corrected chi connectivity index (χ4v) is 5.20. The number of amides is 1. The van der Waals surface area contributed by atoms with Crippen LogP contribution in [0.4, 0.5) is 0 Å². The van der Waals surface area contributed by atoms with E-state index in [0.717, 1.165) is 34.4 Å². The third-order valence-electron chi connectivity index (χ3n) is 5.04. The Balaban J connectivity index is 1.50. The molecule has 0 saturated heterocycles. The molecule has 2 aromatic rings. The molecule has 2 aliphatic rings. The molecule has 2 heterocycles. The summed E-state index contributed by atoms with van der Waals surface area (Å²) in [7, 11) is -3.72.